The van der Waals surface area contributed by atoms with Crippen LogP contribution in [0.3, 0.4) is 0 Å². The summed E-state index contributed by atoms with van der Waals surface area (Å²) in [7, 11) is -4.05. The zero-order valence-electron chi connectivity index (χ0n) is 13.9. The zero-order valence-corrected chi connectivity index (χ0v) is 14.7. The van der Waals surface area contributed by atoms with Crippen molar-refractivity contribution in [2.24, 2.45) is 0 Å². The minimum Gasteiger partial charge on any atom is -0.379 e. The van der Waals surface area contributed by atoms with E-state index in [1.165, 1.54) is 30.3 Å². The van der Waals surface area contributed by atoms with Gasteiger partial charge < -0.3 is 8.71 Å². The van der Waals surface area contributed by atoms with Gasteiger partial charge >= 0.3 is 10.1 Å². The van der Waals surface area contributed by atoms with E-state index in [0.29, 0.717) is 5.39 Å². The van der Waals surface area contributed by atoms with E-state index in [-0.39, 0.29) is 27.5 Å². The van der Waals surface area contributed by atoms with Crippen molar-refractivity contribution in [2.75, 3.05) is 0 Å². The van der Waals surface area contributed by atoms with Gasteiger partial charge in [0.25, 0.3) is 0 Å². The SMILES string of the molecule is O=S(=O)(Oc1ccc2c(-c3cc(F)c(F)c(F)c3)noc2c1)c1ccccc1. The quantitative estimate of drug-likeness (QED) is 0.364. The first-order valence-electron chi connectivity index (χ1n) is 7.89. The van der Waals surface area contributed by atoms with E-state index in [4.69, 9.17) is 8.71 Å². The molecule has 0 atom stereocenters. The molecular formula is C19H10F3NO4S. The third-order valence-electron chi connectivity index (χ3n) is 3.94. The molecule has 0 N–H and O–H groups in total. The van der Waals surface area contributed by atoms with Gasteiger partial charge in [-0.05, 0) is 36.4 Å². The molecule has 0 amide bonds. The Labute approximate surface area is 157 Å². The Morgan fingerprint density at radius 3 is 2.25 bits per heavy atom. The van der Waals surface area contributed by atoms with Gasteiger partial charge in [-0.2, -0.15) is 8.42 Å². The predicted octanol–water partition coefficient (Wildman–Crippen LogP) is 4.68. The largest absolute Gasteiger partial charge is 0.379 e. The molecule has 1 heterocycles. The van der Waals surface area contributed by atoms with Gasteiger partial charge in [0.15, 0.2) is 23.0 Å². The molecule has 9 heteroatoms. The highest BCUT2D eigenvalue weighted by molar-refractivity contribution is 7.87. The Hall–Kier alpha value is -3.33. The summed E-state index contributed by atoms with van der Waals surface area (Å²) in [6.07, 6.45) is 0. The van der Waals surface area contributed by atoms with Gasteiger partial charge in [0.2, 0.25) is 0 Å². The van der Waals surface area contributed by atoms with Crippen molar-refractivity contribution in [1.82, 2.24) is 5.16 Å². The summed E-state index contributed by atoms with van der Waals surface area (Å²) < 4.78 is 74.9. The van der Waals surface area contributed by atoms with E-state index in [1.54, 1.807) is 18.2 Å². The minimum absolute atomic E-state index is 0.0226. The lowest BCUT2D eigenvalue weighted by Gasteiger charge is -2.06. The normalized spacial score (nSPS) is 11.7. The van der Waals surface area contributed by atoms with E-state index >= 15 is 0 Å². The maximum absolute atomic E-state index is 13.5. The molecule has 0 aliphatic carbocycles. The number of hydrogen-bond acceptors (Lipinski definition) is 5. The number of benzene rings is 3. The van der Waals surface area contributed by atoms with Crippen molar-refractivity contribution in [2.45, 2.75) is 4.90 Å². The molecule has 142 valence electrons. The van der Waals surface area contributed by atoms with Crippen LogP contribution in [0.4, 0.5) is 13.2 Å². The molecule has 0 saturated heterocycles. The monoisotopic (exact) mass is 405 g/mol. The van der Waals surface area contributed by atoms with Gasteiger partial charge in [0, 0.05) is 17.0 Å². The van der Waals surface area contributed by atoms with E-state index in [9.17, 15) is 21.6 Å². The second-order valence-electron chi connectivity index (χ2n) is 5.79. The highest BCUT2D eigenvalue weighted by atomic mass is 32.2. The number of halogens is 3. The highest BCUT2D eigenvalue weighted by Gasteiger charge is 2.19. The Kier molecular flexibility index (Phi) is 4.31. The van der Waals surface area contributed by atoms with Crippen LogP contribution in [0.5, 0.6) is 5.75 Å². The first kappa shape index (κ1) is 18.1. The molecule has 0 saturated carbocycles. The van der Waals surface area contributed by atoms with Crippen LogP contribution >= 0.6 is 0 Å². The fourth-order valence-electron chi connectivity index (χ4n) is 2.63. The number of aromatic nitrogens is 1. The lowest BCUT2D eigenvalue weighted by molar-refractivity contribution is 0.446. The molecule has 1 aromatic heterocycles. The van der Waals surface area contributed by atoms with Crippen LogP contribution in [0, 0.1) is 17.5 Å². The molecule has 0 fully saturated rings. The van der Waals surface area contributed by atoms with Crippen LogP contribution in [0.15, 0.2) is 70.1 Å². The van der Waals surface area contributed by atoms with E-state index in [0.717, 1.165) is 12.1 Å². The second-order valence-corrected chi connectivity index (χ2v) is 7.34. The lowest BCUT2D eigenvalue weighted by Crippen LogP contribution is -2.09. The summed E-state index contributed by atoms with van der Waals surface area (Å²) in [5.41, 5.74) is 0.173. The van der Waals surface area contributed by atoms with Crippen LogP contribution < -0.4 is 4.18 Å². The second kappa shape index (κ2) is 6.68. The lowest BCUT2D eigenvalue weighted by atomic mass is 10.1. The van der Waals surface area contributed by atoms with Gasteiger partial charge in [0.1, 0.15) is 16.3 Å². The van der Waals surface area contributed by atoms with Crippen molar-refractivity contribution >= 4 is 21.1 Å². The fraction of sp³-hybridized carbons (Fsp3) is 0. The van der Waals surface area contributed by atoms with Crippen molar-refractivity contribution in [3.8, 4) is 17.0 Å². The summed E-state index contributed by atoms with van der Waals surface area (Å²) >= 11 is 0. The Morgan fingerprint density at radius 2 is 1.57 bits per heavy atom. The average Bonchev–Trinajstić information content (AvgIpc) is 3.09. The zero-order chi connectivity index (χ0) is 19.9. The van der Waals surface area contributed by atoms with Crippen molar-refractivity contribution in [3.63, 3.8) is 0 Å². The fourth-order valence-corrected chi connectivity index (χ4v) is 3.58. The first-order valence-corrected chi connectivity index (χ1v) is 9.30. The molecule has 0 bridgehead atoms. The van der Waals surface area contributed by atoms with Crippen LogP contribution in [0.25, 0.3) is 22.2 Å². The van der Waals surface area contributed by atoms with Crippen LogP contribution in [0.1, 0.15) is 0 Å². The van der Waals surface area contributed by atoms with E-state index in [1.807, 2.05) is 0 Å². The molecule has 0 aliphatic rings. The molecule has 0 radical (unpaired) electrons. The Bertz CT molecular complexity index is 1260. The van der Waals surface area contributed by atoms with E-state index < -0.39 is 27.6 Å². The van der Waals surface area contributed by atoms with Crippen LogP contribution in [-0.2, 0) is 10.1 Å². The Balaban J connectivity index is 1.71. The van der Waals surface area contributed by atoms with E-state index in [2.05, 4.69) is 5.16 Å². The summed E-state index contributed by atoms with van der Waals surface area (Å²) in [4.78, 5) is -0.0226. The number of nitrogens with zero attached hydrogens (tertiary/aromatic N) is 1. The van der Waals surface area contributed by atoms with Crippen molar-refractivity contribution in [3.05, 3.63) is 78.1 Å². The topological polar surface area (TPSA) is 69.4 Å². The highest BCUT2D eigenvalue weighted by Crippen LogP contribution is 2.32. The first-order chi connectivity index (χ1) is 13.3. The summed E-state index contributed by atoms with van der Waals surface area (Å²) in [6.45, 7) is 0. The van der Waals surface area contributed by atoms with Crippen molar-refractivity contribution in [1.29, 1.82) is 0 Å². The maximum atomic E-state index is 13.5. The smallest absolute Gasteiger partial charge is 0.339 e. The maximum Gasteiger partial charge on any atom is 0.339 e. The molecule has 3 aromatic carbocycles. The third-order valence-corrected chi connectivity index (χ3v) is 5.20. The summed E-state index contributed by atoms with van der Waals surface area (Å²) in [6, 6.07) is 13.2. The van der Waals surface area contributed by atoms with Crippen LogP contribution in [-0.4, -0.2) is 13.6 Å². The van der Waals surface area contributed by atoms with Gasteiger partial charge in [-0.3, -0.25) is 0 Å². The molecule has 4 aromatic rings. The molecule has 0 spiro atoms. The number of rotatable bonds is 4. The predicted molar refractivity (Wildman–Crippen MR) is 93.6 cm³/mol. The number of hydrogen-bond donors (Lipinski definition) is 0. The number of fused-ring (bicyclic) bond motifs is 1. The molecule has 0 unspecified atom stereocenters. The molecule has 28 heavy (non-hydrogen) atoms. The standard InChI is InChI=1S/C19H10F3NO4S/c20-15-8-11(9-16(21)18(15)22)19-14-7-6-12(10-17(14)26-23-19)27-28(24,25)13-4-2-1-3-5-13/h1-10H. The minimum atomic E-state index is -4.05. The molecule has 0 aliphatic heterocycles. The summed E-state index contributed by atoms with van der Waals surface area (Å²) in [5, 5.41) is 4.08. The van der Waals surface area contributed by atoms with Crippen LogP contribution in [0.2, 0.25) is 0 Å². The Morgan fingerprint density at radius 1 is 0.893 bits per heavy atom. The van der Waals surface area contributed by atoms with Gasteiger partial charge in [-0.25, -0.2) is 13.2 Å². The third kappa shape index (κ3) is 3.20. The molecular weight excluding hydrogens is 395 g/mol. The molecule has 5 nitrogen and oxygen atoms in total. The summed E-state index contributed by atoms with van der Waals surface area (Å²) in [5.74, 6) is -4.34. The van der Waals surface area contributed by atoms with Gasteiger partial charge in [-0.15, -0.1) is 0 Å². The molecule has 4 rings (SSSR count). The van der Waals surface area contributed by atoms with Crippen molar-refractivity contribution < 1.29 is 30.3 Å². The van der Waals surface area contributed by atoms with Gasteiger partial charge in [0.05, 0.1) is 0 Å². The van der Waals surface area contributed by atoms with Gasteiger partial charge in [-0.1, -0.05) is 23.4 Å². The average molecular weight is 405 g/mol.